The first-order chi connectivity index (χ1) is 37.7. The number of unbranched alkanes of at least 4 members (excludes halogenated alkanes) is 26. The van der Waals surface area contributed by atoms with E-state index in [1.54, 1.807) is 6.08 Å². The lowest BCUT2D eigenvalue weighted by molar-refractivity contribution is -0.305. The number of rotatable bonds is 52. The molecule has 0 aromatic rings. The summed E-state index contributed by atoms with van der Waals surface area (Å²) >= 11 is 0. The van der Waals surface area contributed by atoms with Crippen LogP contribution in [0.2, 0.25) is 0 Å². The van der Waals surface area contributed by atoms with Crippen LogP contribution in [-0.2, 0) is 23.8 Å². The van der Waals surface area contributed by atoms with Crippen molar-refractivity contribution in [2.24, 2.45) is 0 Å². The number of ether oxygens (including phenoxy) is 3. The summed E-state index contributed by atoms with van der Waals surface area (Å²) < 4.78 is 17.6. The number of nitrogens with one attached hydrogen (secondary N) is 1. The molecule has 1 rings (SSSR count). The molecule has 1 saturated heterocycles. The predicted octanol–water partition coefficient (Wildman–Crippen LogP) is 14.9. The molecule has 0 spiro atoms. The topological polar surface area (TPSA) is 175 Å². The Morgan fingerprint density at radius 1 is 0.519 bits per heavy atom. The van der Waals surface area contributed by atoms with Crippen LogP contribution in [0.5, 0.6) is 0 Å². The summed E-state index contributed by atoms with van der Waals surface area (Å²) in [4.78, 5) is 26.5. The van der Waals surface area contributed by atoms with Crippen LogP contribution in [0.25, 0.3) is 0 Å². The SMILES string of the molecule is CC/C=C\C/C=C\C/C=C\C/C=C\C/C=C\C/C=C\CCCCCC(O)C(=O)NC(COC1OC(CO)C(O)C(O)C1OC(=O)CCCCCCCCCCCCCCCC)C(O)/C=C/CCCCCCCCCCCC. The lowest BCUT2D eigenvalue weighted by Crippen LogP contribution is -2.61. The third-order valence-electron chi connectivity index (χ3n) is 14.3. The van der Waals surface area contributed by atoms with Gasteiger partial charge in [0, 0.05) is 6.42 Å². The zero-order valence-corrected chi connectivity index (χ0v) is 49.1. The molecule has 1 aliphatic heterocycles. The molecule has 0 aliphatic carbocycles. The summed E-state index contributed by atoms with van der Waals surface area (Å²) in [6.45, 7) is 5.66. The van der Waals surface area contributed by atoms with Crippen LogP contribution in [0.3, 0.4) is 0 Å². The maximum atomic E-state index is 13.4. The first kappa shape index (κ1) is 71.9. The molecule has 77 heavy (non-hydrogen) atoms. The van der Waals surface area contributed by atoms with E-state index in [2.05, 4.69) is 99.0 Å². The molecule has 6 N–H and O–H groups in total. The van der Waals surface area contributed by atoms with E-state index < -0.39 is 67.4 Å². The molecule has 0 aromatic heterocycles. The van der Waals surface area contributed by atoms with Gasteiger partial charge in [-0.2, -0.15) is 0 Å². The number of hydrogen-bond acceptors (Lipinski definition) is 10. The Morgan fingerprint density at radius 3 is 1.40 bits per heavy atom. The van der Waals surface area contributed by atoms with Gasteiger partial charge in [0.1, 0.15) is 24.4 Å². The number of carbonyl (C=O) groups excluding carboxylic acids is 2. The van der Waals surface area contributed by atoms with E-state index in [1.165, 1.54) is 116 Å². The summed E-state index contributed by atoms with van der Waals surface area (Å²) in [5.41, 5.74) is 0. The van der Waals surface area contributed by atoms with E-state index >= 15 is 0 Å². The number of aliphatic hydroxyl groups excluding tert-OH is 5. The van der Waals surface area contributed by atoms with Gasteiger partial charge in [-0.1, -0.05) is 260 Å². The number of carbonyl (C=O) groups is 2. The van der Waals surface area contributed by atoms with Gasteiger partial charge in [-0.05, 0) is 77.0 Å². The van der Waals surface area contributed by atoms with Gasteiger partial charge < -0.3 is 45.1 Å². The lowest BCUT2D eigenvalue weighted by Gasteiger charge is -2.41. The van der Waals surface area contributed by atoms with E-state index in [4.69, 9.17) is 14.2 Å². The van der Waals surface area contributed by atoms with Crippen LogP contribution < -0.4 is 5.32 Å². The molecule has 0 aromatic carbocycles. The summed E-state index contributed by atoms with van der Waals surface area (Å²) in [5, 5.41) is 56.9. The average molecular weight is 1080 g/mol. The van der Waals surface area contributed by atoms with Crippen molar-refractivity contribution in [1.29, 1.82) is 0 Å². The first-order valence-corrected chi connectivity index (χ1v) is 31.4. The second-order valence-electron chi connectivity index (χ2n) is 21.4. The van der Waals surface area contributed by atoms with Crippen molar-refractivity contribution in [3.8, 4) is 0 Å². The van der Waals surface area contributed by atoms with Crippen LogP contribution in [0.1, 0.15) is 258 Å². The molecule has 0 bridgehead atoms. The van der Waals surface area contributed by atoms with Gasteiger partial charge in [0.25, 0.3) is 0 Å². The molecule has 1 aliphatic rings. The van der Waals surface area contributed by atoms with Crippen LogP contribution in [-0.4, -0.2) is 99.6 Å². The second-order valence-corrected chi connectivity index (χ2v) is 21.4. The summed E-state index contributed by atoms with van der Waals surface area (Å²) in [5.74, 6) is -1.22. The van der Waals surface area contributed by atoms with Crippen molar-refractivity contribution in [1.82, 2.24) is 5.32 Å². The molecular weight excluding hydrogens is 967 g/mol. The Bertz CT molecular complexity index is 1570. The third kappa shape index (κ3) is 41.5. The van der Waals surface area contributed by atoms with Crippen molar-refractivity contribution in [3.63, 3.8) is 0 Å². The van der Waals surface area contributed by atoms with E-state index in [9.17, 15) is 35.1 Å². The third-order valence-corrected chi connectivity index (χ3v) is 14.3. The molecule has 8 unspecified atom stereocenters. The Kier molecular flexibility index (Phi) is 49.9. The minimum absolute atomic E-state index is 0.120. The zero-order valence-electron chi connectivity index (χ0n) is 49.1. The minimum atomic E-state index is -1.62. The fourth-order valence-electron chi connectivity index (χ4n) is 9.36. The molecule has 444 valence electrons. The Balaban J connectivity index is 2.70. The number of allylic oxidation sites excluding steroid dienone is 13. The lowest BCUT2D eigenvalue weighted by atomic mass is 9.99. The Morgan fingerprint density at radius 2 is 0.935 bits per heavy atom. The molecule has 1 heterocycles. The fraction of sp³-hybridized carbons (Fsp3) is 0.758. The maximum Gasteiger partial charge on any atom is 0.306 e. The van der Waals surface area contributed by atoms with Crippen LogP contribution in [0.15, 0.2) is 85.1 Å². The largest absolute Gasteiger partial charge is 0.454 e. The summed E-state index contributed by atoms with van der Waals surface area (Å²) in [7, 11) is 0. The average Bonchev–Trinajstić information content (AvgIpc) is 3.43. The highest BCUT2D eigenvalue weighted by Crippen LogP contribution is 2.26. The van der Waals surface area contributed by atoms with Gasteiger partial charge in [0.15, 0.2) is 12.4 Å². The Labute approximate surface area is 470 Å². The van der Waals surface area contributed by atoms with Crippen molar-refractivity contribution in [3.05, 3.63) is 85.1 Å². The highest BCUT2D eigenvalue weighted by molar-refractivity contribution is 5.80. The molecule has 0 saturated carbocycles. The van der Waals surface area contributed by atoms with E-state index in [0.29, 0.717) is 12.8 Å². The van der Waals surface area contributed by atoms with E-state index in [1.807, 2.05) is 6.08 Å². The van der Waals surface area contributed by atoms with Crippen molar-refractivity contribution in [2.45, 2.75) is 307 Å². The molecule has 1 fully saturated rings. The van der Waals surface area contributed by atoms with Crippen LogP contribution in [0, 0.1) is 0 Å². The van der Waals surface area contributed by atoms with Crippen LogP contribution >= 0.6 is 0 Å². The van der Waals surface area contributed by atoms with E-state index in [-0.39, 0.29) is 19.4 Å². The number of esters is 1. The highest BCUT2D eigenvalue weighted by atomic mass is 16.7. The molecule has 11 heteroatoms. The second kappa shape index (κ2) is 53.5. The van der Waals surface area contributed by atoms with Crippen molar-refractivity contribution in [2.75, 3.05) is 13.2 Å². The highest BCUT2D eigenvalue weighted by Gasteiger charge is 2.47. The zero-order chi connectivity index (χ0) is 56.1. The first-order valence-electron chi connectivity index (χ1n) is 31.4. The van der Waals surface area contributed by atoms with Gasteiger partial charge in [0.05, 0.1) is 25.4 Å². The minimum Gasteiger partial charge on any atom is -0.454 e. The number of aliphatic hydroxyl groups is 5. The predicted molar refractivity (Wildman–Crippen MR) is 319 cm³/mol. The smallest absolute Gasteiger partial charge is 0.306 e. The molecule has 11 nitrogen and oxygen atoms in total. The monoisotopic (exact) mass is 1080 g/mol. The van der Waals surface area contributed by atoms with Crippen LogP contribution in [0.4, 0.5) is 0 Å². The molecular formula is C66H115NO10. The van der Waals surface area contributed by atoms with Gasteiger partial charge in [-0.3, -0.25) is 9.59 Å². The fourth-order valence-corrected chi connectivity index (χ4v) is 9.36. The molecule has 0 radical (unpaired) electrons. The van der Waals surface area contributed by atoms with Crippen molar-refractivity contribution < 1.29 is 49.3 Å². The number of amides is 1. The number of hydrogen-bond donors (Lipinski definition) is 6. The quantitative estimate of drug-likeness (QED) is 0.0195. The Hall–Kier alpha value is -3.16. The van der Waals surface area contributed by atoms with Gasteiger partial charge >= 0.3 is 5.97 Å². The molecule has 8 atom stereocenters. The van der Waals surface area contributed by atoms with Gasteiger partial charge in [-0.25, -0.2) is 0 Å². The molecule has 1 amide bonds. The van der Waals surface area contributed by atoms with Crippen molar-refractivity contribution >= 4 is 11.9 Å². The standard InChI is InChI=1S/C66H115NO10/c1-4-7-10-13-16-19-22-25-27-28-29-30-31-32-33-34-35-38-41-44-47-50-53-59(70)65(74)67-57(58(69)52-49-46-43-40-37-24-21-18-15-12-9-6-3)56-75-66-64(63(73)62(72)60(55-68)76-66)77-61(71)54-51-48-45-42-39-36-26-23-20-17-14-11-8-5-2/h7,10,16,19,25,27,29-30,32-33,35,38,49,52,57-60,62-64,66,68-70,72-73H,4-6,8-9,11-15,17-18,20-24,26,28,31,34,36-37,39-48,50-51,53-56H2,1-3H3,(H,67,74)/b10-7-,19-16-,27-25-,30-29-,33-32-,38-35-,52-49+. The summed E-state index contributed by atoms with van der Waals surface area (Å²) in [6.07, 6.45) is 59.0. The summed E-state index contributed by atoms with van der Waals surface area (Å²) in [6, 6.07) is -1.04. The van der Waals surface area contributed by atoms with Gasteiger partial charge in [-0.15, -0.1) is 0 Å². The van der Waals surface area contributed by atoms with E-state index in [0.717, 1.165) is 96.3 Å². The van der Waals surface area contributed by atoms with Gasteiger partial charge in [0.2, 0.25) is 5.91 Å². The normalized spacial score (nSPS) is 19.6. The maximum absolute atomic E-state index is 13.4.